The van der Waals surface area contributed by atoms with Gasteiger partial charge in [-0.1, -0.05) is 63.9 Å². The van der Waals surface area contributed by atoms with E-state index >= 15 is 0 Å². The highest BCUT2D eigenvalue weighted by atomic mass is 35.5. The molecule has 17 heteroatoms. The molecule has 3 rings (SSSR count). The van der Waals surface area contributed by atoms with E-state index < -0.39 is 41.6 Å². The Balaban J connectivity index is 1.84. The summed E-state index contributed by atoms with van der Waals surface area (Å²) in [6.07, 6.45) is 4.81. The molecule has 2 heterocycles. The molecule has 6 atom stereocenters. The number of benzene rings is 1. The number of halogens is 1. The minimum atomic E-state index is -1.82. The summed E-state index contributed by atoms with van der Waals surface area (Å²) in [5.41, 5.74) is -1.21. The highest BCUT2D eigenvalue weighted by Crippen LogP contribution is 2.38. The highest BCUT2D eigenvalue weighted by molar-refractivity contribution is 8.76. The Bertz CT molecular complexity index is 1680. The maximum atomic E-state index is 13.8. The number of amides is 4. The van der Waals surface area contributed by atoms with Crippen molar-refractivity contribution in [2.24, 2.45) is 5.92 Å². The van der Waals surface area contributed by atoms with E-state index in [0.717, 1.165) is 11.1 Å². The summed E-state index contributed by atoms with van der Waals surface area (Å²) in [5, 5.41) is 49.8. The molecule has 1 aromatic carbocycles. The molecule has 0 aliphatic carbocycles. The molecule has 1 fully saturated rings. The number of carbonyl (C=O) groups is 4. The van der Waals surface area contributed by atoms with E-state index in [2.05, 4.69) is 10.6 Å². The summed E-state index contributed by atoms with van der Waals surface area (Å²) in [6, 6.07) is 2.77. The van der Waals surface area contributed by atoms with Crippen LogP contribution in [0.25, 0.3) is 0 Å². The van der Waals surface area contributed by atoms with Gasteiger partial charge in [0.1, 0.15) is 28.4 Å². The second-order valence-electron chi connectivity index (χ2n) is 15.0. The van der Waals surface area contributed by atoms with Crippen molar-refractivity contribution in [3.63, 3.8) is 0 Å². The summed E-state index contributed by atoms with van der Waals surface area (Å²) < 4.78 is 11.1. The van der Waals surface area contributed by atoms with Crippen LogP contribution < -0.4 is 20.3 Å². The third kappa shape index (κ3) is 15.0. The average molecular weight is 856 g/mol. The van der Waals surface area contributed by atoms with Gasteiger partial charge >= 0.3 is 6.09 Å². The van der Waals surface area contributed by atoms with Crippen LogP contribution in [0.5, 0.6) is 5.75 Å². The lowest BCUT2D eigenvalue weighted by atomic mass is 9.81. The van der Waals surface area contributed by atoms with Gasteiger partial charge in [-0.2, -0.15) is 0 Å². The number of allylic oxidation sites excluding steroid dienone is 3. The van der Waals surface area contributed by atoms with Crippen LogP contribution in [0.3, 0.4) is 0 Å². The predicted octanol–water partition coefficient (Wildman–Crippen LogP) is 5.43. The van der Waals surface area contributed by atoms with Gasteiger partial charge in [-0.25, -0.2) is 4.79 Å². The third-order valence-electron chi connectivity index (χ3n) is 9.99. The highest BCUT2D eigenvalue weighted by Gasteiger charge is 2.43. The number of aliphatic hydroxyl groups is 4. The summed E-state index contributed by atoms with van der Waals surface area (Å²) in [7, 11) is 7.60. The first kappa shape index (κ1) is 48.0. The van der Waals surface area contributed by atoms with E-state index in [1.807, 2.05) is 19.1 Å². The first-order valence-corrected chi connectivity index (χ1v) is 21.9. The maximum absolute atomic E-state index is 13.8. The van der Waals surface area contributed by atoms with Gasteiger partial charge in [0.25, 0.3) is 0 Å². The second-order valence-corrected chi connectivity index (χ2v) is 18.1. The Morgan fingerprint density at radius 1 is 1.21 bits per heavy atom. The van der Waals surface area contributed by atoms with E-state index in [1.54, 1.807) is 53.1 Å². The van der Waals surface area contributed by atoms with Crippen LogP contribution in [0.2, 0.25) is 5.02 Å². The molecule has 2 aliphatic rings. The lowest BCUT2D eigenvalue weighted by Crippen LogP contribution is -2.57. The Morgan fingerprint density at radius 3 is 2.60 bits per heavy atom. The standard InChI is InChI=1S/C40H59ClN4O10S2/c1-25-10-8-9-13-40(53)24-33(55-38(51)43-40)26(2)22-39(52,14-11-35(49)45(6)30-20-29(18-25)21-32(54-7)37(30)41)23-31(47)28(4)44(5)36(50)12-16-56-57-17-15-42-34(48)19-27(3)46/h8-10,20-21,23,26-28,33,46-47,52-53H,11-19,22,24H2,1-7H3,(H,42,48)(H,43,51)/b9-8+,25-10+,31-23-/t26-,27+,28-,33-,39-,40+/m0/s1. The molecule has 57 heavy (non-hydrogen) atoms. The Labute approximate surface area is 348 Å². The number of rotatable bonds is 13. The molecule has 0 radical (unpaired) electrons. The van der Waals surface area contributed by atoms with Crippen molar-refractivity contribution in [1.82, 2.24) is 15.5 Å². The molecule has 6 N–H and O–H groups in total. The molecule has 0 saturated carbocycles. The summed E-state index contributed by atoms with van der Waals surface area (Å²) in [4.78, 5) is 54.0. The number of aliphatic hydroxyl groups excluding tert-OH is 2. The van der Waals surface area contributed by atoms with Gasteiger partial charge in [0, 0.05) is 57.8 Å². The maximum Gasteiger partial charge on any atom is 0.409 e. The lowest BCUT2D eigenvalue weighted by Gasteiger charge is -2.40. The van der Waals surface area contributed by atoms with Crippen LogP contribution in [0, 0.1) is 5.92 Å². The fourth-order valence-electron chi connectivity index (χ4n) is 6.60. The topological polar surface area (TPSA) is 198 Å². The first-order chi connectivity index (χ1) is 26.8. The van der Waals surface area contributed by atoms with E-state index in [4.69, 9.17) is 21.1 Å². The van der Waals surface area contributed by atoms with E-state index in [-0.39, 0.29) is 73.4 Å². The predicted molar refractivity (Wildman–Crippen MR) is 225 cm³/mol. The lowest BCUT2D eigenvalue weighted by molar-refractivity contribution is -0.131. The van der Waals surface area contributed by atoms with Gasteiger partial charge in [0.2, 0.25) is 17.7 Å². The van der Waals surface area contributed by atoms with Crippen molar-refractivity contribution < 1.29 is 49.1 Å². The molecule has 0 aromatic heterocycles. The van der Waals surface area contributed by atoms with Crippen LogP contribution in [0.4, 0.5) is 10.5 Å². The van der Waals surface area contributed by atoms with E-state index in [9.17, 15) is 39.6 Å². The zero-order chi connectivity index (χ0) is 42.5. The van der Waals surface area contributed by atoms with Gasteiger partial charge in [-0.05, 0) is 69.7 Å². The minimum absolute atomic E-state index is 0.0199. The smallest absolute Gasteiger partial charge is 0.409 e. The molecular weight excluding hydrogens is 796 g/mol. The van der Waals surface area contributed by atoms with Crippen molar-refractivity contribution >= 4 is 62.7 Å². The van der Waals surface area contributed by atoms with Crippen molar-refractivity contribution in [3.05, 3.63) is 58.4 Å². The molecule has 1 saturated heterocycles. The number of hydrogen-bond donors (Lipinski definition) is 6. The normalized spacial score (nSPS) is 26.3. The van der Waals surface area contributed by atoms with Crippen molar-refractivity contribution in [2.75, 3.05) is 44.2 Å². The molecule has 14 nitrogen and oxygen atoms in total. The van der Waals surface area contributed by atoms with Crippen molar-refractivity contribution in [1.29, 1.82) is 0 Å². The molecule has 4 amide bonds. The Hall–Kier alpha value is -3.41. The van der Waals surface area contributed by atoms with Crippen LogP contribution in [0.1, 0.15) is 78.2 Å². The van der Waals surface area contributed by atoms with Crippen LogP contribution in [-0.4, -0.2) is 118 Å². The number of methoxy groups -OCH3 is 1. The quantitative estimate of drug-likeness (QED) is 0.0837. The zero-order valence-electron chi connectivity index (χ0n) is 33.9. The summed E-state index contributed by atoms with van der Waals surface area (Å²) >= 11 is 6.70. The van der Waals surface area contributed by atoms with Gasteiger partial charge in [-0.3, -0.25) is 19.7 Å². The number of nitrogens with zero attached hydrogens (tertiary/aromatic N) is 2. The molecule has 0 unspecified atom stereocenters. The first-order valence-electron chi connectivity index (χ1n) is 19.0. The van der Waals surface area contributed by atoms with Gasteiger partial charge in [0.15, 0.2) is 0 Å². The number of ether oxygens (including phenoxy) is 2. The molecule has 0 spiro atoms. The minimum Gasteiger partial charge on any atom is -0.510 e. The number of likely N-dealkylation sites (N-methyl/N-ethyl adjacent to an activating group) is 1. The molecule has 1 aromatic rings. The molecular formula is C40H59ClN4O10S2. The van der Waals surface area contributed by atoms with Gasteiger partial charge < -0.3 is 45.0 Å². The van der Waals surface area contributed by atoms with Crippen LogP contribution >= 0.6 is 33.2 Å². The van der Waals surface area contributed by atoms with Crippen molar-refractivity contribution in [2.45, 2.75) is 109 Å². The van der Waals surface area contributed by atoms with Crippen molar-refractivity contribution in [3.8, 4) is 5.75 Å². The summed E-state index contributed by atoms with van der Waals surface area (Å²) in [6.45, 7) is 7.30. The monoisotopic (exact) mass is 854 g/mol. The average Bonchev–Trinajstić information content (AvgIpc) is 3.13. The van der Waals surface area contributed by atoms with Crippen LogP contribution in [0.15, 0.2) is 47.8 Å². The number of fused-ring (bicyclic) bond motifs is 4. The number of carbonyl (C=O) groups excluding carboxylic acids is 4. The van der Waals surface area contributed by atoms with Gasteiger partial charge in [-0.15, -0.1) is 0 Å². The number of alkyl carbamates (subject to hydrolysis) is 1. The summed E-state index contributed by atoms with van der Waals surface area (Å²) in [5.74, 6) is -0.192. The number of nitrogens with one attached hydrogen (secondary N) is 2. The number of anilines is 1. The zero-order valence-corrected chi connectivity index (χ0v) is 36.3. The SMILES string of the molecule is COc1cc2cc(c1Cl)N(C)C(=O)CC[C@@](O)(/C=C(\O)[C@H](C)N(C)C(=O)CCSSCCNC(=O)C[C@@H](C)O)C[C@H](C)[C@@H]1C[C@](O)(C/C=C/C=C(\C)C2)NC(=O)O1. The third-order valence-corrected chi connectivity index (χ3v) is 12.8. The molecule has 4 bridgehead atoms. The van der Waals surface area contributed by atoms with E-state index in [1.165, 1.54) is 44.6 Å². The second kappa shape index (κ2) is 22.1. The number of hydrogen-bond acceptors (Lipinski definition) is 12. The molecule has 2 aliphatic heterocycles. The Morgan fingerprint density at radius 2 is 1.91 bits per heavy atom. The van der Waals surface area contributed by atoms with Gasteiger partial charge in [0.05, 0.1) is 37.0 Å². The fourth-order valence-corrected chi connectivity index (χ4v) is 8.80. The van der Waals surface area contributed by atoms with Crippen LogP contribution in [-0.2, 0) is 25.5 Å². The fraction of sp³-hybridized carbons (Fsp3) is 0.600. The Kier molecular flexibility index (Phi) is 18.6. The largest absolute Gasteiger partial charge is 0.510 e. The molecule has 318 valence electrons. The van der Waals surface area contributed by atoms with E-state index in [0.29, 0.717) is 35.9 Å².